The second-order valence-electron chi connectivity index (χ2n) is 2.91. The Balaban J connectivity index is 2.43. The molecule has 1 aliphatic rings. The van der Waals surface area contributed by atoms with Crippen molar-refractivity contribution in [2.75, 3.05) is 24.6 Å². The summed E-state index contributed by atoms with van der Waals surface area (Å²) in [6.45, 7) is 3.74. The normalized spacial score (nSPS) is 21.7. The standard InChI is InChI=1S/C8H14BrNOS/c1-7(9)8(11)10-3-2-5-12-6-4-10/h7H,2-6H2,1H3. The van der Waals surface area contributed by atoms with Crippen LogP contribution in [-0.4, -0.2) is 40.2 Å². The Labute approximate surface area is 86.2 Å². The lowest BCUT2D eigenvalue weighted by molar-refractivity contribution is -0.129. The molecule has 0 N–H and O–H groups in total. The molecule has 0 aliphatic carbocycles. The Hall–Kier alpha value is 0.300. The molecular weight excluding hydrogens is 238 g/mol. The number of carbonyl (C=O) groups excluding carboxylic acids is 1. The highest BCUT2D eigenvalue weighted by atomic mass is 79.9. The van der Waals surface area contributed by atoms with Crippen LogP contribution in [0.2, 0.25) is 0 Å². The van der Waals surface area contributed by atoms with E-state index in [9.17, 15) is 4.79 Å². The molecule has 1 heterocycles. The number of rotatable bonds is 1. The average Bonchev–Trinajstić information content (AvgIpc) is 2.30. The molecular formula is C8H14BrNOS. The van der Waals surface area contributed by atoms with Crippen LogP contribution in [0.3, 0.4) is 0 Å². The predicted molar refractivity (Wildman–Crippen MR) is 56.9 cm³/mol. The van der Waals surface area contributed by atoms with Gasteiger partial charge >= 0.3 is 0 Å². The van der Waals surface area contributed by atoms with Crippen molar-refractivity contribution in [3.05, 3.63) is 0 Å². The van der Waals surface area contributed by atoms with Crippen LogP contribution in [0.25, 0.3) is 0 Å². The maximum absolute atomic E-state index is 11.5. The summed E-state index contributed by atoms with van der Waals surface area (Å²) in [5, 5.41) is 0. The first-order valence-electron chi connectivity index (χ1n) is 4.22. The first-order valence-corrected chi connectivity index (χ1v) is 6.29. The zero-order valence-corrected chi connectivity index (χ0v) is 9.66. The zero-order chi connectivity index (χ0) is 8.97. The highest BCUT2D eigenvalue weighted by molar-refractivity contribution is 9.10. The van der Waals surface area contributed by atoms with Crippen LogP contribution >= 0.6 is 27.7 Å². The van der Waals surface area contributed by atoms with Gasteiger partial charge in [0.1, 0.15) is 0 Å². The summed E-state index contributed by atoms with van der Waals surface area (Å²) in [7, 11) is 0. The summed E-state index contributed by atoms with van der Waals surface area (Å²) in [4.78, 5) is 13.5. The lowest BCUT2D eigenvalue weighted by atomic mass is 10.3. The van der Waals surface area contributed by atoms with Crippen LogP contribution in [0, 0.1) is 0 Å². The molecule has 12 heavy (non-hydrogen) atoms. The van der Waals surface area contributed by atoms with Gasteiger partial charge in [-0.15, -0.1) is 0 Å². The number of halogens is 1. The van der Waals surface area contributed by atoms with Crippen molar-refractivity contribution in [3.63, 3.8) is 0 Å². The zero-order valence-electron chi connectivity index (χ0n) is 7.25. The molecule has 1 amide bonds. The molecule has 1 aliphatic heterocycles. The third kappa shape index (κ3) is 2.98. The fraction of sp³-hybridized carbons (Fsp3) is 0.875. The van der Waals surface area contributed by atoms with E-state index >= 15 is 0 Å². The van der Waals surface area contributed by atoms with Gasteiger partial charge in [0, 0.05) is 18.8 Å². The number of hydrogen-bond acceptors (Lipinski definition) is 2. The number of alkyl halides is 1. The molecule has 0 aromatic rings. The van der Waals surface area contributed by atoms with Gasteiger partial charge in [0.05, 0.1) is 4.83 Å². The van der Waals surface area contributed by atoms with E-state index in [1.807, 2.05) is 23.6 Å². The smallest absolute Gasteiger partial charge is 0.236 e. The molecule has 0 bridgehead atoms. The van der Waals surface area contributed by atoms with Gasteiger partial charge in [-0.25, -0.2) is 0 Å². The molecule has 70 valence electrons. The molecule has 0 saturated carbocycles. The second kappa shape index (κ2) is 5.12. The second-order valence-corrected chi connectivity index (χ2v) is 5.51. The van der Waals surface area contributed by atoms with E-state index in [-0.39, 0.29) is 10.7 Å². The SMILES string of the molecule is CC(Br)C(=O)N1CCCSCC1. The third-order valence-electron chi connectivity index (χ3n) is 1.87. The molecule has 1 atom stereocenters. The summed E-state index contributed by atoms with van der Waals surface area (Å²) in [5.74, 6) is 2.52. The fourth-order valence-electron chi connectivity index (χ4n) is 1.22. The third-order valence-corrected chi connectivity index (χ3v) is 3.31. The van der Waals surface area contributed by atoms with Crippen molar-refractivity contribution < 1.29 is 4.79 Å². The van der Waals surface area contributed by atoms with Crippen molar-refractivity contribution in [2.45, 2.75) is 18.2 Å². The van der Waals surface area contributed by atoms with E-state index in [0.717, 1.165) is 25.3 Å². The Morgan fingerprint density at radius 1 is 1.50 bits per heavy atom. The molecule has 0 aromatic heterocycles. The van der Waals surface area contributed by atoms with Gasteiger partial charge < -0.3 is 4.90 Å². The maximum Gasteiger partial charge on any atom is 0.236 e. The number of carbonyl (C=O) groups is 1. The number of nitrogens with zero attached hydrogens (tertiary/aromatic N) is 1. The van der Waals surface area contributed by atoms with E-state index in [4.69, 9.17) is 0 Å². The summed E-state index contributed by atoms with van der Waals surface area (Å²) in [5.41, 5.74) is 0. The van der Waals surface area contributed by atoms with Gasteiger partial charge in [0.25, 0.3) is 0 Å². The Bertz CT molecular complexity index is 155. The Morgan fingerprint density at radius 3 is 2.92 bits per heavy atom. The fourth-order valence-corrected chi connectivity index (χ4v) is 2.39. The summed E-state index contributed by atoms with van der Waals surface area (Å²) in [6, 6.07) is 0. The van der Waals surface area contributed by atoms with Crippen LogP contribution in [0.5, 0.6) is 0 Å². The van der Waals surface area contributed by atoms with Crippen molar-refractivity contribution in [3.8, 4) is 0 Å². The van der Waals surface area contributed by atoms with E-state index < -0.39 is 0 Å². The predicted octanol–water partition coefficient (Wildman–Crippen LogP) is 1.74. The molecule has 0 aromatic carbocycles. The van der Waals surface area contributed by atoms with Crippen LogP contribution < -0.4 is 0 Å². The minimum Gasteiger partial charge on any atom is -0.341 e. The van der Waals surface area contributed by atoms with Gasteiger partial charge in [0.15, 0.2) is 0 Å². The van der Waals surface area contributed by atoms with E-state index in [0.29, 0.717) is 0 Å². The molecule has 1 saturated heterocycles. The first-order chi connectivity index (χ1) is 5.72. The first kappa shape index (κ1) is 10.4. The minimum absolute atomic E-state index is 0.0272. The van der Waals surface area contributed by atoms with Gasteiger partial charge in [-0.2, -0.15) is 11.8 Å². The molecule has 0 spiro atoms. The summed E-state index contributed by atoms with van der Waals surface area (Å²) >= 11 is 5.24. The van der Waals surface area contributed by atoms with Crippen molar-refractivity contribution in [1.82, 2.24) is 4.90 Å². The number of thioether (sulfide) groups is 1. The van der Waals surface area contributed by atoms with E-state index in [2.05, 4.69) is 15.9 Å². The Morgan fingerprint density at radius 2 is 2.25 bits per heavy atom. The van der Waals surface area contributed by atoms with Gasteiger partial charge in [0.2, 0.25) is 5.91 Å². The quantitative estimate of drug-likeness (QED) is 0.662. The maximum atomic E-state index is 11.5. The van der Waals surface area contributed by atoms with E-state index in [1.165, 1.54) is 5.75 Å². The molecule has 1 unspecified atom stereocenters. The van der Waals surface area contributed by atoms with E-state index in [1.54, 1.807) is 0 Å². The van der Waals surface area contributed by atoms with Crippen molar-refractivity contribution >= 4 is 33.6 Å². The van der Waals surface area contributed by atoms with Crippen molar-refractivity contribution in [1.29, 1.82) is 0 Å². The minimum atomic E-state index is -0.0272. The van der Waals surface area contributed by atoms with Gasteiger partial charge in [-0.05, 0) is 19.1 Å². The van der Waals surface area contributed by atoms with Gasteiger partial charge in [-0.3, -0.25) is 4.79 Å². The van der Waals surface area contributed by atoms with Gasteiger partial charge in [-0.1, -0.05) is 15.9 Å². The molecule has 2 nitrogen and oxygen atoms in total. The number of hydrogen-bond donors (Lipinski definition) is 0. The van der Waals surface area contributed by atoms with Crippen LogP contribution in [0.1, 0.15) is 13.3 Å². The lowest BCUT2D eigenvalue weighted by Crippen LogP contribution is -2.37. The molecule has 1 fully saturated rings. The largest absolute Gasteiger partial charge is 0.341 e. The van der Waals surface area contributed by atoms with Crippen LogP contribution in [0.4, 0.5) is 0 Å². The monoisotopic (exact) mass is 251 g/mol. The summed E-state index contributed by atoms with van der Waals surface area (Å²) in [6.07, 6.45) is 1.14. The van der Waals surface area contributed by atoms with Crippen LogP contribution in [0.15, 0.2) is 0 Å². The summed E-state index contributed by atoms with van der Waals surface area (Å²) < 4.78 is 0. The Kier molecular flexibility index (Phi) is 4.43. The molecule has 0 radical (unpaired) electrons. The molecule has 4 heteroatoms. The molecule has 1 rings (SSSR count). The lowest BCUT2D eigenvalue weighted by Gasteiger charge is -2.21. The highest BCUT2D eigenvalue weighted by Gasteiger charge is 2.18. The number of amides is 1. The topological polar surface area (TPSA) is 20.3 Å². The highest BCUT2D eigenvalue weighted by Crippen LogP contribution is 2.12. The van der Waals surface area contributed by atoms with Crippen LogP contribution in [-0.2, 0) is 4.79 Å². The van der Waals surface area contributed by atoms with Crippen molar-refractivity contribution in [2.24, 2.45) is 0 Å². The average molecular weight is 252 g/mol.